The van der Waals surface area contributed by atoms with E-state index in [1.165, 1.54) is 25.8 Å². The van der Waals surface area contributed by atoms with Crippen molar-refractivity contribution in [1.29, 1.82) is 0 Å². The van der Waals surface area contributed by atoms with Crippen LogP contribution in [0.2, 0.25) is 0 Å². The largest absolute Gasteiger partial charge is 0.315 e. The first-order chi connectivity index (χ1) is 7.30. The Balaban J connectivity index is 1.65. The molecule has 0 spiro atoms. The zero-order valence-corrected chi connectivity index (χ0v) is 10.2. The minimum Gasteiger partial charge on any atom is -0.315 e. The molecule has 4 bridgehead atoms. The molecule has 0 aromatic heterocycles. The van der Waals surface area contributed by atoms with Crippen LogP contribution in [-0.2, 0) is 0 Å². The van der Waals surface area contributed by atoms with Gasteiger partial charge in [-0.15, -0.1) is 11.6 Å². The molecule has 4 aliphatic rings. The number of hydrogen-bond donors (Lipinski definition) is 1. The van der Waals surface area contributed by atoms with Crippen LogP contribution in [0.3, 0.4) is 0 Å². The molecule has 86 valence electrons. The van der Waals surface area contributed by atoms with E-state index < -0.39 is 0 Å². The lowest BCUT2D eigenvalue weighted by Crippen LogP contribution is -2.50. The van der Waals surface area contributed by atoms with Crippen LogP contribution in [0.4, 0.5) is 0 Å². The Hall–Kier alpha value is 0.250. The standard InChI is InChI=1S/C13H22ClN/c14-1-2-15-9-13-6-10-3-11(7-13)5-12(4-10)8-13/h10-12,15H,1-9H2. The van der Waals surface area contributed by atoms with Gasteiger partial charge in [-0.1, -0.05) is 0 Å². The van der Waals surface area contributed by atoms with Crippen LogP contribution in [0, 0.1) is 23.2 Å². The minimum atomic E-state index is 0.681. The van der Waals surface area contributed by atoms with Crippen molar-refractivity contribution in [3.8, 4) is 0 Å². The highest BCUT2D eigenvalue weighted by molar-refractivity contribution is 6.18. The fourth-order valence-corrected chi connectivity index (χ4v) is 5.06. The van der Waals surface area contributed by atoms with Crippen molar-refractivity contribution in [2.75, 3.05) is 19.0 Å². The Kier molecular flexibility index (Phi) is 2.72. The fourth-order valence-electron chi connectivity index (χ4n) is 4.93. The zero-order chi connectivity index (χ0) is 10.3. The highest BCUT2D eigenvalue weighted by Gasteiger charge is 2.50. The summed E-state index contributed by atoms with van der Waals surface area (Å²) in [5, 5.41) is 3.56. The molecule has 4 aliphatic carbocycles. The topological polar surface area (TPSA) is 12.0 Å². The van der Waals surface area contributed by atoms with Crippen molar-refractivity contribution >= 4 is 11.6 Å². The molecule has 0 radical (unpaired) electrons. The SMILES string of the molecule is ClCCNCC12CC3CC(CC(C3)C1)C2. The number of alkyl halides is 1. The number of rotatable bonds is 4. The Morgan fingerprint density at radius 1 is 1.00 bits per heavy atom. The number of nitrogens with one attached hydrogen (secondary N) is 1. The quantitative estimate of drug-likeness (QED) is 0.575. The third-order valence-corrected chi connectivity index (χ3v) is 5.13. The smallest absolute Gasteiger partial charge is 0.0348 e. The van der Waals surface area contributed by atoms with Crippen LogP contribution >= 0.6 is 11.6 Å². The minimum absolute atomic E-state index is 0.681. The molecule has 0 unspecified atom stereocenters. The van der Waals surface area contributed by atoms with Crippen LogP contribution in [0.1, 0.15) is 38.5 Å². The summed E-state index contributed by atoms with van der Waals surface area (Å²) in [6, 6.07) is 0. The van der Waals surface area contributed by atoms with Crippen molar-refractivity contribution in [1.82, 2.24) is 5.32 Å². The molecule has 0 aromatic rings. The maximum Gasteiger partial charge on any atom is 0.0348 e. The Morgan fingerprint density at radius 2 is 1.53 bits per heavy atom. The molecule has 0 saturated heterocycles. The van der Waals surface area contributed by atoms with E-state index >= 15 is 0 Å². The molecule has 4 rings (SSSR count). The van der Waals surface area contributed by atoms with Crippen LogP contribution < -0.4 is 5.32 Å². The molecular formula is C13H22ClN. The van der Waals surface area contributed by atoms with Crippen molar-refractivity contribution in [3.63, 3.8) is 0 Å². The fraction of sp³-hybridized carbons (Fsp3) is 1.00. The first-order valence-electron chi connectivity index (χ1n) is 6.56. The van der Waals surface area contributed by atoms with E-state index in [1.807, 2.05) is 0 Å². The van der Waals surface area contributed by atoms with E-state index in [0.29, 0.717) is 5.41 Å². The second-order valence-corrected chi connectivity index (χ2v) is 6.66. The lowest BCUT2D eigenvalue weighted by molar-refractivity contribution is -0.0510. The van der Waals surface area contributed by atoms with E-state index in [1.54, 1.807) is 19.3 Å². The van der Waals surface area contributed by atoms with Gasteiger partial charge in [0.1, 0.15) is 0 Å². The second kappa shape index (κ2) is 3.92. The summed E-state index contributed by atoms with van der Waals surface area (Å²) in [6.07, 6.45) is 9.18. The van der Waals surface area contributed by atoms with Crippen molar-refractivity contribution in [2.45, 2.75) is 38.5 Å². The van der Waals surface area contributed by atoms with Gasteiger partial charge >= 0.3 is 0 Å². The molecule has 0 amide bonds. The maximum absolute atomic E-state index is 5.73. The Morgan fingerprint density at radius 3 is 2.00 bits per heavy atom. The van der Waals surface area contributed by atoms with E-state index in [9.17, 15) is 0 Å². The van der Waals surface area contributed by atoms with Gasteiger partial charge in [-0.3, -0.25) is 0 Å². The van der Waals surface area contributed by atoms with Crippen molar-refractivity contribution in [3.05, 3.63) is 0 Å². The van der Waals surface area contributed by atoms with Gasteiger partial charge in [-0.2, -0.15) is 0 Å². The first-order valence-corrected chi connectivity index (χ1v) is 7.10. The van der Waals surface area contributed by atoms with E-state index in [-0.39, 0.29) is 0 Å². The second-order valence-electron chi connectivity index (χ2n) is 6.28. The Labute approximate surface area is 98.0 Å². The molecular weight excluding hydrogens is 206 g/mol. The van der Waals surface area contributed by atoms with Crippen molar-refractivity contribution < 1.29 is 0 Å². The molecule has 0 aliphatic heterocycles. The third kappa shape index (κ3) is 1.93. The molecule has 0 aromatic carbocycles. The van der Waals surface area contributed by atoms with E-state index in [0.717, 1.165) is 30.2 Å². The number of halogens is 1. The number of hydrogen-bond acceptors (Lipinski definition) is 1. The normalized spacial score (nSPS) is 47.4. The summed E-state index contributed by atoms with van der Waals surface area (Å²) in [4.78, 5) is 0. The molecule has 1 N–H and O–H groups in total. The summed E-state index contributed by atoms with van der Waals surface area (Å²) in [7, 11) is 0. The van der Waals surface area contributed by atoms with Gasteiger partial charge in [-0.05, 0) is 61.7 Å². The third-order valence-electron chi connectivity index (χ3n) is 4.94. The van der Waals surface area contributed by atoms with Gasteiger partial charge in [0.15, 0.2) is 0 Å². The van der Waals surface area contributed by atoms with Gasteiger partial charge in [0.2, 0.25) is 0 Å². The summed E-state index contributed by atoms with van der Waals surface area (Å²) >= 11 is 5.73. The molecule has 0 atom stereocenters. The van der Waals surface area contributed by atoms with Gasteiger partial charge in [0.05, 0.1) is 0 Å². The lowest BCUT2D eigenvalue weighted by atomic mass is 9.49. The van der Waals surface area contributed by atoms with Crippen LogP contribution in [-0.4, -0.2) is 19.0 Å². The van der Waals surface area contributed by atoms with E-state index in [2.05, 4.69) is 5.32 Å². The van der Waals surface area contributed by atoms with Gasteiger partial charge in [0.25, 0.3) is 0 Å². The average molecular weight is 228 g/mol. The molecule has 4 saturated carbocycles. The summed E-state index contributed by atoms with van der Waals surface area (Å²) in [6.45, 7) is 2.23. The highest BCUT2D eigenvalue weighted by Crippen LogP contribution is 2.59. The van der Waals surface area contributed by atoms with Crippen LogP contribution in [0.25, 0.3) is 0 Å². The molecule has 2 heteroatoms. The predicted molar refractivity (Wildman–Crippen MR) is 64.2 cm³/mol. The zero-order valence-electron chi connectivity index (χ0n) is 9.47. The molecule has 0 heterocycles. The predicted octanol–water partition coefficient (Wildman–Crippen LogP) is 3.03. The van der Waals surface area contributed by atoms with Crippen LogP contribution in [0.5, 0.6) is 0 Å². The van der Waals surface area contributed by atoms with Crippen LogP contribution in [0.15, 0.2) is 0 Å². The lowest BCUT2D eigenvalue weighted by Gasteiger charge is -2.57. The maximum atomic E-state index is 5.73. The van der Waals surface area contributed by atoms with Gasteiger partial charge < -0.3 is 5.32 Å². The molecule has 1 nitrogen and oxygen atoms in total. The molecule has 4 fully saturated rings. The van der Waals surface area contributed by atoms with Crippen molar-refractivity contribution in [2.24, 2.45) is 23.2 Å². The summed E-state index contributed by atoms with van der Waals surface area (Å²) in [5.74, 6) is 3.99. The summed E-state index contributed by atoms with van der Waals surface area (Å²) < 4.78 is 0. The molecule has 15 heavy (non-hydrogen) atoms. The van der Waals surface area contributed by atoms with Gasteiger partial charge in [0, 0.05) is 19.0 Å². The average Bonchev–Trinajstić information content (AvgIpc) is 2.15. The van der Waals surface area contributed by atoms with E-state index in [4.69, 9.17) is 11.6 Å². The van der Waals surface area contributed by atoms with Gasteiger partial charge in [-0.25, -0.2) is 0 Å². The highest BCUT2D eigenvalue weighted by atomic mass is 35.5. The summed E-state index contributed by atoms with van der Waals surface area (Å²) in [5.41, 5.74) is 0.681. The monoisotopic (exact) mass is 227 g/mol. The Bertz CT molecular complexity index is 203. The first kappa shape index (κ1) is 10.4.